The van der Waals surface area contributed by atoms with E-state index in [9.17, 15) is 18.0 Å². The number of anilines is 1. The summed E-state index contributed by atoms with van der Waals surface area (Å²) in [5.74, 6) is -2.49. The molecule has 1 atom stereocenters. The van der Waals surface area contributed by atoms with Crippen molar-refractivity contribution >= 4 is 22.5 Å². The van der Waals surface area contributed by atoms with Crippen molar-refractivity contribution in [3.05, 3.63) is 65.1 Å². The van der Waals surface area contributed by atoms with E-state index in [1.165, 1.54) is 18.2 Å². The third-order valence-electron chi connectivity index (χ3n) is 4.71. The zero-order valence-corrected chi connectivity index (χ0v) is 13.2. The van der Waals surface area contributed by atoms with Gasteiger partial charge in [0.15, 0.2) is 0 Å². The van der Waals surface area contributed by atoms with Crippen molar-refractivity contribution in [2.24, 2.45) is 5.92 Å². The highest BCUT2D eigenvalue weighted by molar-refractivity contribution is 5.94. The van der Waals surface area contributed by atoms with Gasteiger partial charge in [0.2, 0.25) is 5.91 Å². The maximum Gasteiger partial charge on any atom is 0.227 e. The molecule has 1 aliphatic rings. The summed E-state index contributed by atoms with van der Waals surface area (Å²) < 4.78 is 40.2. The number of fused-ring (bicyclic) bond motifs is 3. The first-order valence-corrected chi connectivity index (χ1v) is 8.06. The molecule has 0 radical (unpaired) electrons. The van der Waals surface area contributed by atoms with E-state index in [1.54, 1.807) is 6.07 Å². The second kappa shape index (κ2) is 5.95. The van der Waals surface area contributed by atoms with Gasteiger partial charge < -0.3 is 10.3 Å². The van der Waals surface area contributed by atoms with E-state index < -0.39 is 11.6 Å². The van der Waals surface area contributed by atoms with E-state index in [0.29, 0.717) is 19.3 Å². The van der Waals surface area contributed by atoms with E-state index in [-0.39, 0.29) is 23.3 Å². The number of aromatic nitrogens is 1. The molecule has 3 aromatic rings. The fourth-order valence-electron chi connectivity index (χ4n) is 3.44. The van der Waals surface area contributed by atoms with Crippen LogP contribution in [0.4, 0.5) is 18.9 Å². The smallest absolute Gasteiger partial charge is 0.227 e. The van der Waals surface area contributed by atoms with Gasteiger partial charge in [0.05, 0.1) is 5.69 Å². The zero-order chi connectivity index (χ0) is 17.6. The summed E-state index contributed by atoms with van der Waals surface area (Å²) >= 11 is 0. The minimum atomic E-state index is -0.806. The molecule has 0 fully saturated rings. The van der Waals surface area contributed by atoms with E-state index in [1.807, 2.05) is 0 Å². The number of aryl methyl sites for hydroxylation is 1. The monoisotopic (exact) mass is 344 g/mol. The van der Waals surface area contributed by atoms with E-state index in [0.717, 1.165) is 34.3 Å². The highest BCUT2D eigenvalue weighted by Gasteiger charge is 2.28. The first-order valence-electron chi connectivity index (χ1n) is 8.06. The second-order valence-electron chi connectivity index (χ2n) is 6.33. The molecule has 2 N–H and O–H groups in total. The van der Waals surface area contributed by atoms with Gasteiger partial charge in [-0.2, -0.15) is 0 Å². The molecule has 128 valence electrons. The Morgan fingerprint density at radius 1 is 1.08 bits per heavy atom. The van der Waals surface area contributed by atoms with Gasteiger partial charge in [-0.15, -0.1) is 0 Å². The largest absolute Gasteiger partial charge is 0.358 e. The number of aromatic amines is 1. The predicted octanol–water partition coefficient (Wildman–Crippen LogP) is 4.33. The highest BCUT2D eigenvalue weighted by atomic mass is 19.1. The molecule has 25 heavy (non-hydrogen) atoms. The van der Waals surface area contributed by atoms with Crippen LogP contribution in [-0.4, -0.2) is 10.9 Å². The summed E-state index contributed by atoms with van der Waals surface area (Å²) in [6.07, 6.45) is 1.72. The molecule has 2 aromatic carbocycles. The Hall–Kier alpha value is -2.76. The Labute approximate surface area is 141 Å². The first kappa shape index (κ1) is 15.7. The number of hydrogen-bond donors (Lipinski definition) is 2. The molecule has 6 heteroatoms. The average Bonchev–Trinajstić information content (AvgIpc) is 2.94. The molecule has 1 aliphatic carbocycles. The molecule has 1 amide bonds. The summed E-state index contributed by atoms with van der Waals surface area (Å²) in [5.41, 5.74) is 2.75. The maximum absolute atomic E-state index is 13.7. The number of carbonyl (C=O) groups is 1. The lowest BCUT2D eigenvalue weighted by Gasteiger charge is -2.22. The molecular formula is C19H15F3N2O. The fourth-order valence-corrected chi connectivity index (χ4v) is 3.44. The molecule has 1 unspecified atom stereocenters. The maximum atomic E-state index is 13.7. The molecule has 0 aliphatic heterocycles. The Morgan fingerprint density at radius 2 is 1.84 bits per heavy atom. The molecule has 0 saturated heterocycles. The third kappa shape index (κ3) is 2.88. The average molecular weight is 344 g/mol. The lowest BCUT2D eigenvalue weighted by molar-refractivity contribution is -0.120. The van der Waals surface area contributed by atoms with E-state index >= 15 is 0 Å². The number of hydrogen-bond acceptors (Lipinski definition) is 1. The molecule has 0 spiro atoms. The number of carbonyl (C=O) groups excluding carboxylic acids is 1. The number of nitrogens with one attached hydrogen (secondary N) is 2. The van der Waals surface area contributed by atoms with Crippen molar-refractivity contribution < 1.29 is 18.0 Å². The Bertz CT molecular complexity index is 980. The summed E-state index contributed by atoms with van der Waals surface area (Å²) in [4.78, 5) is 15.8. The lowest BCUT2D eigenvalue weighted by Crippen LogP contribution is -2.28. The SMILES string of the molecule is O=C(Nc1ccc(F)cc1F)C1CCc2[nH]c3ccc(F)cc3c2C1. The topological polar surface area (TPSA) is 44.9 Å². The lowest BCUT2D eigenvalue weighted by atomic mass is 9.85. The van der Waals surface area contributed by atoms with Gasteiger partial charge in [-0.25, -0.2) is 13.2 Å². The van der Waals surface area contributed by atoms with Gasteiger partial charge in [0.25, 0.3) is 0 Å². The highest BCUT2D eigenvalue weighted by Crippen LogP contribution is 2.33. The van der Waals surface area contributed by atoms with Gasteiger partial charge in [-0.3, -0.25) is 4.79 Å². The molecule has 1 aromatic heterocycles. The van der Waals surface area contributed by atoms with Crippen LogP contribution >= 0.6 is 0 Å². The Morgan fingerprint density at radius 3 is 2.64 bits per heavy atom. The van der Waals surface area contributed by atoms with Crippen molar-refractivity contribution in [3.63, 3.8) is 0 Å². The van der Waals surface area contributed by atoms with E-state index in [4.69, 9.17) is 0 Å². The number of benzene rings is 2. The number of rotatable bonds is 2. The van der Waals surface area contributed by atoms with Crippen molar-refractivity contribution in [1.29, 1.82) is 0 Å². The van der Waals surface area contributed by atoms with Crippen LogP contribution in [-0.2, 0) is 17.6 Å². The molecule has 4 rings (SSSR count). The van der Waals surface area contributed by atoms with Crippen LogP contribution in [0.3, 0.4) is 0 Å². The van der Waals surface area contributed by atoms with Crippen LogP contribution < -0.4 is 5.32 Å². The van der Waals surface area contributed by atoms with Crippen LogP contribution in [0.25, 0.3) is 10.9 Å². The van der Waals surface area contributed by atoms with Gasteiger partial charge in [0, 0.05) is 28.6 Å². The molecule has 1 heterocycles. The van der Waals surface area contributed by atoms with Crippen LogP contribution in [0.1, 0.15) is 17.7 Å². The minimum absolute atomic E-state index is 0.0397. The van der Waals surface area contributed by atoms with Crippen molar-refractivity contribution in [3.8, 4) is 0 Å². The minimum Gasteiger partial charge on any atom is -0.358 e. The van der Waals surface area contributed by atoms with Gasteiger partial charge in [-0.05, 0) is 55.2 Å². The fraction of sp³-hybridized carbons (Fsp3) is 0.211. The van der Waals surface area contributed by atoms with Crippen molar-refractivity contribution in [1.82, 2.24) is 4.98 Å². The van der Waals surface area contributed by atoms with Gasteiger partial charge in [-0.1, -0.05) is 0 Å². The van der Waals surface area contributed by atoms with Crippen LogP contribution in [0, 0.1) is 23.4 Å². The second-order valence-corrected chi connectivity index (χ2v) is 6.33. The summed E-state index contributed by atoms with van der Waals surface area (Å²) in [7, 11) is 0. The summed E-state index contributed by atoms with van der Waals surface area (Å²) in [6, 6.07) is 7.58. The number of H-pyrrole nitrogens is 1. The van der Waals surface area contributed by atoms with Crippen LogP contribution in [0.5, 0.6) is 0 Å². The van der Waals surface area contributed by atoms with Gasteiger partial charge >= 0.3 is 0 Å². The number of halogens is 3. The predicted molar refractivity (Wildman–Crippen MR) is 88.8 cm³/mol. The molecular weight excluding hydrogens is 329 g/mol. The third-order valence-corrected chi connectivity index (χ3v) is 4.71. The van der Waals surface area contributed by atoms with Gasteiger partial charge in [0.1, 0.15) is 17.5 Å². The zero-order valence-electron chi connectivity index (χ0n) is 13.2. The van der Waals surface area contributed by atoms with Crippen LogP contribution in [0.15, 0.2) is 36.4 Å². The normalized spacial score (nSPS) is 16.7. The molecule has 0 bridgehead atoms. The number of amides is 1. The summed E-state index contributed by atoms with van der Waals surface area (Å²) in [5, 5.41) is 3.30. The van der Waals surface area contributed by atoms with Crippen LogP contribution in [0.2, 0.25) is 0 Å². The Balaban J connectivity index is 1.58. The first-order chi connectivity index (χ1) is 12.0. The molecule has 3 nitrogen and oxygen atoms in total. The summed E-state index contributed by atoms with van der Waals surface area (Å²) in [6.45, 7) is 0. The quantitative estimate of drug-likeness (QED) is 0.714. The Kier molecular flexibility index (Phi) is 3.75. The standard InChI is InChI=1S/C19H15F3N2O/c20-11-2-5-17-14(8-11)13-7-10(1-4-16(13)23-17)19(25)24-18-6-3-12(21)9-15(18)22/h2-3,5-6,8-10,23H,1,4,7H2,(H,24,25). The molecule has 0 saturated carbocycles. The van der Waals surface area contributed by atoms with E-state index in [2.05, 4.69) is 10.3 Å². The van der Waals surface area contributed by atoms with Crippen molar-refractivity contribution in [2.45, 2.75) is 19.3 Å². The van der Waals surface area contributed by atoms with Crippen molar-refractivity contribution in [2.75, 3.05) is 5.32 Å².